The number of hydrogen-bond acceptors (Lipinski definition) is 2. The quantitative estimate of drug-likeness (QED) is 0.671. The monoisotopic (exact) mass is 185 g/mol. The van der Waals surface area contributed by atoms with Crippen LogP contribution in [0.15, 0.2) is 0 Å². The average molecular weight is 185 g/mol. The van der Waals surface area contributed by atoms with Crippen LogP contribution in [0.5, 0.6) is 0 Å². The van der Waals surface area contributed by atoms with Crippen molar-refractivity contribution in [2.75, 3.05) is 12.8 Å². The SMILES string of the molecule is CC#CC(=O)NCC(C)(C)SC. The molecule has 0 aromatic heterocycles. The van der Waals surface area contributed by atoms with Crippen molar-refractivity contribution in [3.63, 3.8) is 0 Å². The molecule has 0 saturated heterocycles. The van der Waals surface area contributed by atoms with Crippen LogP contribution in [0.4, 0.5) is 0 Å². The van der Waals surface area contributed by atoms with Crippen LogP contribution < -0.4 is 5.32 Å². The Hall–Kier alpha value is -0.620. The highest BCUT2D eigenvalue weighted by atomic mass is 32.2. The van der Waals surface area contributed by atoms with Gasteiger partial charge in [0.25, 0.3) is 5.91 Å². The lowest BCUT2D eigenvalue weighted by Gasteiger charge is -2.21. The van der Waals surface area contributed by atoms with Crippen molar-refractivity contribution >= 4 is 17.7 Å². The fourth-order valence-corrected chi connectivity index (χ4v) is 0.740. The van der Waals surface area contributed by atoms with Crippen molar-refractivity contribution in [1.82, 2.24) is 5.32 Å². The predicted molar refractivity (Wildman–Crippen MR) is 54.1 cm³/mol. The van der Waals surface area contributed by atoms with Gasteiger partial charge in [0.15, 0.2) is 0 Å². The van der Waals surface area contributed by atoms with Crippen LogP contribution in [0.25, 0.3) is 0 Å². The van der Waals surface area contributed by atoms with Crippen molar-refractivity contribution in [3.05, 3.63) is 0 Å². The van der Waals surface area contributed by atoms with Crippen molar-refractivity contribution in [1.29, 1.82) is 0 Å². The summed E-state index contributed by atoms with van der Waals surface area (Å²) in [6.07, 6.45) is 2.03. The molecule has 0 saturated carbocycles. The van der Waals surface area contributed by atoms with E-state index < -0.39 is 0 Å². The molecule has 1 amide bonds. The normalized spacial score (nSPS) is 10.0. The fraction of sp³-hybridized carbons (Fsp3) is 0.667. The van der Waals surface area contributed by atoms with Gasteiger partial charge in [-0.1, -0.05) is 5.92 Å². The minimum atomic E-state index is -0.195. The van der Waals surface area contributed by atoms with Crippen LogP contribution in [-0.4, -0.2) is 23.5 Å². The van der Waals surface area contributed by atoms with E-state index in [1.54, 1.807) is 18.7 Å². The minimum absolute atomic E-state index is 0.0884. The van der Waals surface area contributed by atoms with Crippen LogP contribution in [0.1, 0.15) is 20.8 Å². The number of nitrogens with one attached hydrogen (secondary N) is 1. The Kier molecular flexibility index (Phi) is 4.84. The molecule has 0 rings (SSSR count). The van der Waals surface area contributed by atoms with Gasteiger partial charge in [-0.25, -0.2) is 0 Å². The van der Waals surface area contributed by atoms with E-state index in [0.717, 1.165) is 0 Å². The van der Waals surface area contributed by atoms with Gasteiger partial charge < -0.3 is 5.32 Å². The molecule has 0 unspecified atom stereocenters. The molecule has 1 N–H and O–H groups in total. The number of rotatable bonds is 3. The summed E-state index contributed by atoms with van der Waals surface area (Å²) in [6.45, 7) is 6.47. The van der Waals surface area contributed by atoms with E-state index in [2.05, 4.69) is 31.0 Å². The van der Waals surface area contributed by atoms with Gasteiger partial charge in [-0.3, -0.25) is 4.79 Å². The Morgan fingerprint density at radius 2 is 2.17 bits per heavy atom. The zero-order chi connectivity index (χ0) is 9.61. The molecule has 0 radical (unpaired) electrons. The molecule has 0 spiro atoms. The number of carbonyl (C=O) groups excluding carboxylic acids is 1. The van der Waals surface area contributed by atoms with Crippen LogP contribution in [0, 0.1) is 11.8 Å². The third-order valence-electron chi connectivity index (χ3n) is 1.47. The maximum Gasteiger partial charge on any atom is 0.295 e. The predicted octanol–water partition coefficient (Wildman–Crippen LogP) is 1.27. The summed E-state index contributed by atoms with van der Waals surface area (Å²) in [5.41, 5.74) is 0. The van der Waals surface area contributed by atoms with Crippen molar-refractivity contribution in [2.45, 2.75) is 25.5 Å². The topological polar surface area (TPSA) is 29.1 Å². The second-order valence-electron chi connectivity index (χ2n) is 3.02. The maximum atomic E-state index is 10.9. The van der Waals surface area contributed by atoms with Gasteiger partial charge in [-0.15, -0.1) is 0 Å². The van der Waals surface area contributed by atoms with E-state index in [1.807, 2.05) is 6.26 Å². The van der Waals surface area contributed by atoms with Crippen molar-refractivity contribution in [3.8, 4) is 11.8 Å². The van der Waals surface area contributed by atoms with Gasteiger partial charge in [0.1, 0.15) is 0 Å². The minimum Gasteiger partial charge on any atom is -0.344 e. The molecule has 0 aliphatic carbocycles. The van der Waals surface area contributed by atoms with E-state index in [-0.39, 0.29) is 10.7 Å². The third-order valence-corrected chi connectivity index (χ3v) is 2.72. The molecule has 0 heterocycles. The van der Waals surface area contributed by atoms with Gasteiger partial charge in [0.2, 0.25) is 0 Å². The maximum absolute atomic E-state index is 10.9. The zero-order valence-corrected chi connectivity index (χ0v) is 8.84. The van der Waals surface area contributed by atoms with E-state index in [0.29, 0.717) is 6.54 Å². The largest absolute Gasteiger partial charge is 0.344 e. The van der Waals surface area contributed by atoms with Crippen LogP contribution in [-0.2, 0) is 4.79 Å². The highest BCUT2D eigenvalue weighted by molar-refractivity contribution is 7.99. The lowest BCUT2D eigenvalue weighted by molar-refractivity contribution is -0.115. The van der Waals surface area contributed by atoms with Crippen molar-refractivity contribution in [2.24, 2.45) is 0 Å². The molecule has 3 heteroatoms. The first-order valence-electron chi connectivity index (χ1n) is 3.77. The standard InChI is InChI=1S/C9H15NOS/c1-5-6-8(11)10-7-9(2,3)12-4/h7H2,1-4H3,(H,10,11). The van der Waals surface area contributed by atoms with E-state index in [9.17, 15) is 4.79 Å². The number of hydrogen-bond donors (Lipinski definition) is 1. The van der Waals surface area contributed by atoms with Gasteiger partial charge in [-0.05, 0) is 32.9 Å². The first kappa shape index (κ1) is 11.4. The second kappa shape index (κ2) is 5.10. The molecule has 0 aromatic carbocycles. The Balaban J connectivity index is 3.80. The number of thioether (sulfide) groups is 1. The molecular weight excluding hydrogens is 170 g/mol. The summed E-state index contributed by atoms with van der Waals surface area (Å²) in [4.78, 5) is 10.9. The summed E-state index contributed by atoms with van der Waals surface area (Å²) in [7, 11) is 0. The number of carbonyl (C=O) groups is 1. The molecule has 0 bridgehead atoms. The van der Waals surface area contributed by atoms with E-state index in [4.69, 9.17) is 0 Å². The summed E-state index contributed by atoms with van der Waals surface area (Å²) in [6, 6.07) is 0. The van der Waals surface area contributed by atoms with Crippen molar-refractivity contribution < 1.29 is 4.79 Å². The van der Waals surface area contributed by atoms with E-state index >= 15 is 0 Å². The average Bonchev–Trinajstić information content (AvgIpc) is 2.02. The molecule has 0 aliphatic rings. The lowest BCUT2D eigenvalue weighted by atomic mass is 10.2. The molecule has 12 heavy (non-hydrogen) atoms. The fourth-order valence-electron chi connectivity index (χ4n) is 0.523. The zero-order valence-electron chi connectivity index (χ0n) is 8.02. The Labute approximate surface area is 78.5 Å². The van der Waals surface area contributed by atoms with Crippen LogP contribution >= 0.6 is 11.8 Å². The third kappa shape index (κ3) is 5.09. The molecule has 0 aromatic rings. The number of amides is 1. The second-order valence-corrected chi connectivity index (χ2v) is 4.53. The van der Waals surface area contributed by atoms with Gasteiger partial charge in [0.05, 0.1) is 0 Å². The molecule has 0 atom stereocenters. The smallest absolute Gasteiger partial charge is 0.295 e. The van der Waals surface area contributed by atoms with Gasteiger partial charge in [-0.2, -0.15) is 11.8 Å². The molecule has 68 valence electrons. The summed E-state index contributed by atoms with van der Waals surface area (Å²) >= 11 is 1.72. The summed E-state index contributed by atoms with van der Waals surface area (Å²) in [5.74, 6) is 4.79. The summed E-state index contributed by atoms with van der Waals surface area (Å²) in [5, 5.41) is 2.74. The molecule has 0 aliphatic heterocycles. The first-order valence-corrected chi connectivity index (χ1v) is 5.00. The van der Waals surface area contributed by atoms with Crippen LogP contribution in [0.3, 0.4) is 0 Å². The van der Waals surface area contributed by atoms with E-state index in [1.165, 1.54) is 0 Å². The summed E-state index contributed by atoms with van der Waals surface area (Å²) < 4.78 is 0.0884. The Morgan fingerprint density at radius 1 is 1.58 bits per heavy atom. The molecule has 2 nitrogen and oxygen atoms in total. The Bertz CT molecular complexity index is 212. The lowest BCUT2D eigenvalue weighted by Crippen LogP contribution is -2.35. The Morgan fingerprint density at radius 3 is 2.58 bits per heavy atom. The highest BCUT2D eigenvalue weighted by Crippen LogP contribution is 2.19. The van der Waals surface area contributed by atoms with Crippen LogP contribution in [0.2, 0.25) is 0 Å². The first-order chi connectivity index (χ1) is 5.52. The highest BCUT2D eigenvalue weighted by Gasteiger charge is 2.15. The van der Waals surface area contributed by atoms with Gasteiger partial charge >= 0.3 is 0 Å². The van der Waals surface area contributed by atoms with Gasteiger partial charge in [0, 0.05) is 11.3 Å². The molecular formula is C9H15NOS. The molecule has 0 fully saturated rings.